The molecule has 0 spiro atoms. The van der Waals surface area contributed by atoms with Crippen LogP contribution in [0.15, 0.2) is 30.9 Å². The molecule has 0 unspecified atom stereocenters. The molecule has 1 N–H and O–H groups in total. The van der Waals surface area contributed by atoms with E-state index in [0.29, 0.717) is 18.9 Å². The second-order valence-electron chi connectivity index (χ2n) is 4.24. The summed E-state index contributed by atoms with van der Waals surface area (Å²) < 4.78 is 7.79. The van der Waals surface area contributed by atoms with E-state index in [1.54, 1.807) is 23.5 Å². The standard InChI is InChI=1S/C12H12N6OS/c19-12(16-11-8-15-20-17-11)18-5-1-9(2-6-18)10-7-13-3-4-14-10/h1,3-4,7-8H,2,5-6H2,(H,16,17,19). The zero-order valence-corrected chi connectivity index (χ0v) is 11.4. The van der Waals surface area contributed by atoms with Gasteiger partial charge in [-0.2, -0.15) is 8.75 Å². The maximum Gasteiger partial charge on any atom is 0.323 e. The predicted molar refractivity (Wildman–Crippen MR) is 75.1 cm³/mol. The molecule has 2 amide bonds. The molecule has 2 aromatic rings. The van der Waals surface area contributed by atoms with Crippen molar-refractivity contribution in [2.75, 3.05) is 18.4 Å². The Labute approximate surface area is 119 Å². The molecule has 0 fully saturated rings. The van der Waals surface area contributed by atoms with Crippen molar-refractivity contribution < 1.29 is 4.79 Å². The highest BCUT2D eigenvalue weighted by atomic mass is 32.1. The van der Waals surface area contributed by atoms with Crippen LogP contribution >= 0.6 is 11.7 Å². The molecule has 8 heteroatoms. The first-order valence-corrected chi connectivity index (χ1v) is 6.85. The fraction of sp³-hybridized carbons (Fsp3) is 0.250. The van der Waals surface area contributed by atoms with E-state index in [1.807, 2.05) is 6.08 Å². The van der Waals surface area contributed by atoms with E-state index in [4.69, 9.17) is 0 Å². The van der Waals surface area contributed by atoms with Gasteiger partial charge in [0.25, 0.3) is 0 Å². The Morgan fingerprint density at radius 1 is 1.35 bits per heavy atom. The van der Waals surface area contributed by atoms with Crippen LogP contribution in [0.2, 0.25) is 0 Å². The van der Waals surface area contributed by atoms with Crippen molar-refractivity contribution in [3.63, 3.8) is 0 Å². The summed E-state index contributed by atoms with van der Waals surface area (Å²) in [5.74, 6) is 0.490. The molecule has 102 valence electrons. The van der Waals surface area contributed by atoms with E-state index >= 15 is 0 Å². The zero-order valence-electron chi connectivity index (χ0n) is 10.6. The lowest BCUT2D eigenvalue weighted by Crippen LogP contribution is -2.38. The smallest absolute Gasteiger partial charge is 0.320 e. The summed E-state index contributed by atoms with van der Waals surface area (Å²) in [5, 5.41) is 2.71. The van der Waals surface area contributed by atoms with E-state index in [0.717, 1.165) is 29.4 Å². The molecule has 0 aromatic carbocycles. The van der Waals surface area contributed by atoms with Gasteiger partial charge in [0, 0.05) is 25.5 Å². The van der Waals surface area contributed by atoms with E-state index in [9.17, 15) is 4.79 Å². The van der Waals surface area contributed by atoms with Crippen molar-refractivity contribution in [2.24, 2.45) is 0 Å². The molecular formula is C12H12N6OS. The van der Waals surface area contributed by atoms with Crippen molar-refractivity contribution >= 4 is 29.2 Å². The Kier molecular flexibility index (Phi) is 3.64. The lowest BCUT2D eigenvalue weighted by Gasteiger charge is -2.25. The number of hydrogen-bond donors (Lipinski definition) is 1. The minimum absolute atomic E-state index is 0.160. The van der Waals surface area contributed by atoms with E-state index in [1.165, 1.54) is 6.20 Å². The van der Waals surface area contributed by atoms with Crippen LogP contribution in [0.4, 0.5) is 10.6 Å². The molecule has 0 saturated heterocycles. The second-order valence-corrected chi connectivity index (χ2v) is 4.80. The van der Waals surface area contributed by atoms with E-state index in [2.05, 4.69) is 24.0 Å². The number of anilines is 1. The van der Waals surface area contributed by atoms with Crippen LogP contribution in [0.1, 0.15) is 12.1 Å². The fourth-order valence-electron chi connectivity index (χ4n) is 1.96. The Bertz CT molecular complexity index is 612. The van der Waals surface area contributed by atoms with Gasteiger partial charge in [-0.15, -0.1) is 0 Å². The van der Waals surface area contributed by atoms with E-state index < -0.39 is 0 Å². The average molecular weight is 288 g/mol. The highest BCUT2D eigenvalue weighted by molar-refractivity contribution is 6.99. The molecule has 1 aliphatic rings. The van der Waals surface area contributed by atoms with Gasteiger partial charge in [0.2, 0.25) is 0 Å². The minimum atomic E-state index is -0.160. The van der Waals surface area contributed by atoms with Crippen molar-refractivity contribution in [3.05, 3.63) is 36.6 Å². The first-order valence-electron chi connectivity index (χ1n) is 6.12. The third-order valence-electron chi connectivity index (χ3n) is 2.98. The van der Waals surface area contributed by atoms with Crippen molar-refractivity contribution in [1.82, 2.24) is 23.6 Å². The quantitative estimate of drug-likeness (QED) is 0.908. The first kappa shape index (κ1) is 12.7. The molecule has 20 heavy (non-hydrogen) atoms. The summed E-state index contributed by atoms with van der Waals surface area (Å²) >= 11 is 1.07. The molecule has 0 aliphatic carbocycles. The van der Waals surface area contributed by atoms with Gasteiger partial charge in [-0.1, -0.05) is 6.08 Å². The summed E-state index contributed by atoms with van der Waals surface area (Å²) in [7, 11) is 0. The van der Waals surface area contributed by atoms with Crippen molar-refractivity contribution in [2.45, 2.75) is 6.42 Å². The van der Waals surface area contributed by atoms with Crippen LogP contribution in [0.3, 0.4) is 0 Å². The SMILES string of the molecule is O=C(Nc1cnsn1)N1CC=C(c2cnccn2)CC1. The fourth-order valence-corrected chi connectivity index (χ4v) is 2.33. The van der Waals surface area contributed by atoms with Gasteiger partial charge < -0.3 is 4.90 Å². The van der Waals surface area contributed by atoms with Crippen molar-refractivity contribution in [3.8, 4) is 0 Å². The van der Waals surface area contributed by atoms with Gasteiger partial charge in [0.1, 0.15) is 0 Å². The monoisotopic (exact) mass is 288 g/mol. The summed E-state index contributed by atoms with van der Waals surface area (Å²) in [4.78, 5) is 22.0. The number of hydrogen-bond acceptors (Lipinski definition) is 6. The van der Waals surface area contributed by atoms with Gasteiger partial charge in [-0.3, -0.25) is 15.3 Å². The molecule has 7 nitrogen and oxygen atoms in total. The van der Waals surface area contributed by atoms with E-state index in [-0.39, 0.29) is 6.03 Å². The normalized spacial score (nSPS) is 14.8. The number of nitrogens with zero attached hydrogens (tertiary/aromatic N) is 5. The van der Waals surface area contributed by atoms with Crippen LogP contribution in [-0.4, -0.2) is 42.7 Å². The predicted octanol–water partition coefficient (Wildman–Crippen LogP) is 1.65. The number of urea groups is 1. The first-order chi connectivity index (χ1) is 9.83. The van der Waals surface area contributed by atoms with Crippen LogP contribution in [0.25, 0.3) is 5.57 Å². The largest absolute Gasteiger partial charge is 0.323 e. The molecule has 1 aliphatic heterocycles. The number of amides is 2. The molecule has 2 aromatic heterocycles. The molecule has 0 saturated carbocycles. The van der Waals surface area contributed by atoms with Gasteiger partial charge in [-0.25, -0.2) is 4.79 Å². The number of carbonyl (C=O) groups is 1. The Morgan fingerprint density at radius 2 is 2.30 bits per heavy atom. The number of nitrogens with one attached hydrogen (secondary N) is 1. The van der Waals surface area contributed by atoms with Gasteiger partial charge in [-0.05, 0) is 12.0 Å². The average Bonchev–Trinajstić information content (AvgIpc) is 3.01. The molecule has 0 atom stereocenters. The Morgan fingerprint density at radius 3 is 2.95 bits per heavy atom. The van der Waals surface area contributed by atoms with Crippen LogP contribution < -0.4 is 5.32 Å². The number of rotatable bonds is 2. The third-order valence-corrected chi connectivity index (χ3v) is 3.46. The van der Waals surface area contributed by atoms with Crippen molar-refractivity contribution in [1.29, 1.82) is 0 Å². The highest BCUT2D eigenvalue weighted by Gasteiger charge is 2.19. The molecular weight excluding hydrogens is 276 g/mol. The topological polar surface area (TPSA) is 83.9 Å². The Hall–Kier alpha value is -2.35. The third kappa shape index (κ3) is 2.80. The second kappa shape index (κ2) is 5.74. The lowest BCUT2D eigenvalue weighted by atomic mass is 10.1. The highest BCUT2D eigenvalue weighted by Crippen LogP contribution is 2.20. The summed E-state index contributed by atoms with van der Waals surface area (Å²) in [6.07, 6.45) is 9.36. The number of aromatic nitrogens is 4. The van der Waals surface area contributed by atoms with Gasteiger partial charge in [0.05, 0.1) is 29.8 Å². The van der Waals surface area contributed by atoms with Crippen LogP contribution in [0, 0.1) is 0 Å². The molecule has 0 radical (unpaired) electrons. The summed E-state index contributed by atoms with van der Waals surface area (Å²) in [6, 6.07) is -0.160. The summed E-state index contributed by atoms with van der Waals surface area (Å²) in [5.41, 5.74) is 1.99. The minimum Gasteiger partial charge on any atom is -0.320 e. The molecule has 3 rings (SSSR count). The maximum absolute atomic E-state index is 12.0. The summed E-state index contributed by atoms with van der Waals surface area (Å²) in [6.45, 7) is 1.20. The maximum atomic E-state index is 12.0. The lowest BCUT2D eigenvalue weighted by molar-refractivity contribution is 0.217. The van der Waals surface area contributed by atoms with Crippen LogP contribution in [-0.2, 0) is 0 Å². The van der Waals surface area contributed by atoms with Gasteiger partial charge in [0.15, 0.2) is 5.82 Å². The Balaban J connectivity index is 1.63. The van der Waals surface area contributed by atoms with Gasteiger partial charge >= 0.3 is 6.03 Å². The molecule has 3 heterocycles. The molecule has 0 bridgehead atoms. The number of carbonyl (C=O) groups excluding carboxylic acids is 1. The zero-order chi connectivity index (χ0) is 13.8. The van der Waals surface area contributed by atoms with Crippen LogP contribution in [0.5, 0.6) is 0 Å².